The maximum absolute atomic E-state index is 11.8. The van der Waals surface area contributed by atoms with Crippen molar-refractivity contribution in [2.75, 3.05) is 5.32 Å². The van der Waals surface area contributed by atoms with Crippen molar-refractivity contribution in [3.05, 3.63) is 36.9 Å². The van der Waals surface area contributed by atoms with E-state index in [0.717, 1.165) is 0 Å². The highest BCUT2D eigenvalue weighted by molar-refractivity contribution is 5.93. The number of anilines is 1. The number of nitrogens with one attached hydrogen (secondary N) is 1. The fraction of sp³-hybridized carbons (Fsp3) is 0.182. The van der Waals surface area contributed by atoms with Crippen LogP contribution in [0, 0.1) is 0 Å². The Morgan fingerprint density at radius 2 is 2.12 bits per heavy atom. The SMILES string of the molecule is CC(C(=O)Nc1ccc(O)cc1)n1cncn1. The van der Waals surface area contributed by atoms with Crippen molar-refractivity contribution in [1.82, 2.24) is 14.8 Å². The van der Waals surface area contributed by atoms with Crippen LogP contribution in [-0.4, -0.2) is 25.8 Å². The van der Waals surface area contributed by atoms with Crippen molar-refractivity contribution in [2.24, 2.45) is 0 Å². The topological polar surface area (TPSA) is 80.0 Å². The second kappa shape index (κ2) is 4.65. The highest BCUT2D eigenvalue weighted by Gasteiger charge is 2.15. The highest BCUT2D eigenvalue weighted by atomic mass is 16.3. The van der Waals surface area contributed by atoms with E-state index in [1.54, 1.807) is 19.1 Å². The number of carbonyl (C=O) groups excluding carboxylic acids is 1. The third kappa shape index (κ3) is 2.60. The molecular weight excluding hydrogens is 220 g/mol. The Hall–Kier alpha value is -2.37. The van der Waals surface area contributed by atoms with E-state index in [-0.39, 0.29) is 11.7 Å². The lowest BCUT2D eigenvalue weighted by Crippen LogP contribution is -2.23. The maximum atomic E-state index is 11.8. The molecule has 0 aliphatic heterocycles. The summed E-state index contributed by atoms with van der Waals surface area (Å²) >= 11 is 0. The van der Waals surface area contributed by atoms with Gasteiger partial charge in [0.2, 0.25) is 5.91 Å². The van der Waals surface area contributed by atoms with Gasteiger partial charge in [-0.1, -0.05) is 0 Å². The monoisotopic (exact) mass is 232 g/mol. The van der Waals surface area contributed by atoms with Gasteiger partial charge in [0.1, 0.15) is 24.4 Å². The molecule has 0 radical (unpaired) electrons. The van der Waals surface area contributed by atoms with Gasteiger partial charge in [-0.05, 0) is 31.2 Å². The number of hydrogen-bond donors (Lipinski definition) is 2. The molecule has 1 aromatic heterocycles. The zero-order chi connectivity index (χ0) is 12.3. The van der Waals surface area contributed by atoms with E-state index in [0.29, 0.717) is 5.69 Å². The molecule has 0 saturated carbocycles. The number of benzene rings is 1. The van der Waals surface area contributed by atoms with Crippen LogP contribution in [-0.2, 0) is 4.79 Å². The predicted octanol–water partition coefficient (Wildman–Crippen LogP) is 1.18. The van der Waals surface area contributed by atoms with Crippen LogP contribution in [0.1, 0.15) is 13.0 Å². The Morgan fingerprint density at radius 1 is 1.41 bits per heavy atom. The number of aromatic nitrogens is 3. The lowest BCUT2D eigenvalue weighted by Gasteiger charge is -2.11. The predicted molar refractivity (Wildman–Crippen MR) is 61.5 cm³/mol. The molecule has 0 bridgehead atoms. The average Bonchev–Trinajstić information content (AvgIpc) is 2.84. The number of hydrogen-bond acceptors (Lipinski definition) is 4. The van der Waals surface area contributed by atoms with E-state index in [2.05, 4.69) is 15.4 Å². The van der Waals surface area contributed by atoms with Gasteiger partial charge in [-0.15, -0.1) is 0 Å². The van der Waals surface area contributed by atoms with E-state index in [4.69, 9.17) is 5.11 Å². The van der Waals surface area contributed by atoms with Crippen LogP contribution in [0.2, 0.25) is 0 Å². The van der Waals surface area contributed by atoms with Crippen LogP contribution in [0.25, 0.3) is 0 Å². The summed E-state index contributed by atoms with van der Waals surface area (Å²) in [5.41, 5.74) is 0.625. The quantitative estimate of drug-likeness (QED) is 0.779. The number of amides is 1. The highest BCUT2D eigenvalue weighted by Crippen LogP contribution is 2.15. The number of aromatic hydroxyl groups is 1. The molecule has 2 aromatic rings. The lowest BCUT2D eigenvalue weighted by atomic mass is 10.2. The van der Waals surface area contributed by atoms with Crippen LogP contribution >= 0.6 is 0 Å². The molecule has 6 nitrogen and oxygen atoms in total. The standard InChI is InChI=1S/C11H12N4O2/c1-8(15-7-12-6-13-15)11(17)14-9-2-4-10(16)5-3-9/h2-8,16H,1H3,(H,14,17). The van der Waals surface area contributed by atoms with Gasteiger partial charge in [0.05, 0.1) is 0 Å². The Kier molecular flexibility index (Phi) is 3.04. The summed E-state index contributed by atoms with van der Waals surface area (Å²) in [5, 5.41) is 15.7. The summed E-state index contributed by atoms with van der Waals surface area (Å²) in [7, 11) is 0. The summed E-state index contributed by atoms with van der Waals surface area (Å²) in [6.07, 6.45) is 2.87. The summed E-state index contributed by atoms with van der Waals surface area (Å²) in [6.45, 7) is 1.73. The summed E-state index contributed by atoms with van der Waals surface area (Å²) in [5.74, 6) is -0.0338. The Morgan fingerprint density at radius 3 is 2.71 bits per heavy atom. The van der Waals surface area contributed by atoms with Crippen molar-refractivity contribution in [3.8, 4) is 5.75 Å². The summed E-state index contributed by atoms with van der Waals surface area (Å²) in [6, 6.07) is 5.83. The maximum Gasteiger partial charge on any atom is 0.249 e. The van der Waals surface area contributed by atoms with Crippen molar-refractivity contribution in [1.29, 1.82) is 0 Å². The van der Waals surface area contributed by atoms with Gasteiger partial charge in [0.25, 0.3) is 0 Å². The van der Waals surface area contributed by atoms with Crippen molar-refractivity contribution >= 4 is 11.6 Å². The molecule has 88 valence electrons. The van der Waals surface area contributed by atoms with Crippen LogP contribution in [0.4, 0.5) is 5.69 Å². The minimum atomic E-state index is -0.439. The number of phenols is 1. The normalized spacial score (nSPS) is 12.1. The van der Waals surface area contributed by atoms with Gasteiger partial charge in [-0.25, -0.2) is 9.67 Å². The largest absolute Gasteiger partial charge is 0.508 e. The van der Waals surface area contributed by atoms with Gasteiger partial charge in [-0.2, -0.15) is 5.10 Å². The fourth-order valence-electron chi connectivity index (χ4n) is 1.33. The summed E-state index contributed by atoms with van der Waals surface area (Å²) in [4.78, 5) is 15.6. The molecule has 0 fully saturated rings. The lowest BCUT2D eigenvalue weighted by molar-refractivity contribution is -0.119. The van der Waals surface area contributed by atoms with E-state index in [1.165, 1.54) is 29.5 Å². The van der Waals surface area contributed by atoms with Crippen molar-refractivity contribution < 1.29 is 9.90 Å². The number of carbonyl (C=O) groups is 1. The van der Waals surface area contributed by atoms with Crippen molar-refractivity contribution in [2.45, 2.75) is 13.0 Å². The van der Waals surface area contributed by atoms with Crippen molar-refractivity contribution in [3.63, 3.8) is 0 Å². The molecule has 1 heterocycles. The third-order valence-electron chi connectivity index (χ3n) is 2.35. The number of rotatable bonds is 3. The van der Waals surface area contributed by atoms with Crippen LogP contribution < -0.4 is 5.32 Å². The zero-order valence-electron chi connectivity index (χ0n) is 9.24. The van der Waals surface area contributed by atoms with Crippen LogP contribution in [0.15, 0.2) is 36.9 Å². The molecule has 1 amide bonds. The Balaban J connectivity index is 2.04. The molecule has 6 heteroatoms. The molecule has 0 aliphatic rings. The fourth-order valence-corrected chi connectivity index (χ4v) is 1.33. The third-order valence-corrected chi connectivity index (χ3v) is 2.35. The van der Waals surface area contributed by atoms with Gasteiger partial charge >= 0.3 is 0 Å². The molecule has 2 rings (SSSR count). The van der Waals surface area contributed by atoms with E-state index < -0.39 is 6.04 Å². The van der Waals surface area contributed by atoms with E-state index in [1.807, 2.05) is 0 Å². The van der Waals surface area contributed by atoms with E-state index in [9.17, 15) is 4.79 Å². The van der Waals surface area contributed by atoms with Crippen LogP contribution in [0.3, 0.4) is 0 Å². The molecule has 1 atom stereocenters. The Labute approximate surface area is 97.9 Å². The first-order valence-corrected chi connectivity index (χ1v) is 5.11. The minimum absolute atomic E-state index is 0.160. The molecular formula is C11H12N4O2. The average molecular weight is 232 g/mol. The second-order valence-corrected chi connectivity index (χ2v) is 3.59. The van der Waals surface area contributed by atoms with Gasteiger partial charge < -0.3 is 10.4 Å². The summed E-state index contributed by atoms with van der Waals surface area (Å²) < 4.78 is 1.47. The van der Waals surface area contributed by atoms with E-state index >= 15 is 0 Å². The molecule has 17 heavy (non-hydrogen) atoms. The molecule has 0 saturated heterocycles. The van der Waals surface area contributed by atoms with Gasteiger partial charge in [0, 0.05) is 5.69 Å². The molecule has 1 unspecified atom stereocenters. The first-order chi connectivity index (χ1) is 8.16. The molecule has 2 N–H and O–H groups in total. The molecule has 1 aromatic carbocycles. The molecule has 0 aliphatic carbocycles. The smallest absolute Gasteiger partial charge is 0.249 e. The Bertz CT molecular complexity index is 493. The van der Waals surface area contributed by atoms with Gasteiger partial charge in [0.15, 0.2) is 0 Å². The van der Waals surface area contributed by atoms with Crippen LogP contribution in [0.5, 0.6) is 5.75 Å². The number of phenolic OH excluding ortho intramolecular Hbond substituents is 1. The second-order valence-electron chi connectivity index (χ2n) is 3.59. The minimum Gasteiger partial charge on any atom is -0.508 e. The first-order valence-electron chi connectivity index (χ1n) is 5.11. The number of nitrogens with zero attached hydrogens (tertiary/aromatic N) is 3. The molecule has 0 spiro atoms. The zero-order valence-corrected chi connectivity index (χ0v) is 9.24. The van der Waals surface area contributed by atoms with Gasteiger partial charge in [-0.3, -0.25) is 4.79 Å². The first kappa shape index (κ1) is 11.1.